The van der Waals surface area contributed by atoms with Crippen molar-refractivity contribution in [2.45, 2.75) is 11.5 Å². The van der Waals surface area contributed by atoms with Crippen molar-refractivity contribution in [3.63, 3.8) is 0 Å². The lowest BCUT2D eigenvalue weighted by molar-refractivity contribution is -0.0511. The number of sulfonamides is 1. The molecule has 0 spiro atoms. The monoisotopic (exact) mass is 450 g/mol. The third kappa shape index (κ3) is 5.32. The summed E-state index contributed by atoms with van der Waals surface area (Å²) in [5.41, 5.74) is 0.0874. The zero-order valence-electron chi connectivity index (χ0n) is 15.5. The van der Waals surface area contributed by atoms with Crippen molar-refractivity contribution in [1.29, 1.82) is 0 Å². The zero-order valence-corrected chi connectivity index (χ0v) is 17.1. The van der Waals surface area contributed by atoms with E-state index in [4.69, 9.17) is 16.3 Å². The summed E-state index contributed by atoms with van der Waals surface area (Å²) in [7, 11) is -0.498. The summed E-state index contributed by atoms with van der Waals surface area (Å²) in [6, 6.07) is 7.51. The molecule has 2 aromatic carbocycles. The maximum atomic E-state index is 12.5. The highest BCUT2D eigenvalue weighted by atomic mass is 35.5. The third-order valence-corrected chi connectivity index (χ3v) is 5.87. The number of amides is 1. The number of hydrogen-bond acceptors (Lipinski definition) is 6. The fourth-order valence-electron chi connectivity index (χ4n) is 2.22. The molecule has 0 radical (unpaired) electrons. The second-order valence-corrected chi connectivity index (χ2v) is 7.75. The van der Waals surface area contributed by atoms with Crippen LogP contribution in [0.3, 0.4) is 0 Å². The molecule has 2 aromatic rings. The van der Waals surface area contributed by atoms with Gasteiger partial charge in [-0.2, -0.15) is 8.78 Å². The number of ether oxygens (including phenoxy) is 2. The van der Waals surface area contributed by atoms with Gasteiger partial charge >= 0.3 is 6.61 Å². The van der Waals surface area contributed by atoms with E-state index in [1.165, 1.54) is 38.4 Å². The van der Waals surface area contributed by atoms with E-state index < -0.39 is 22.5 Å². The van der Waals surface area contributed by atoms with Gasteiger partial charge in [0.25, 0.3) is 15.9 Å². The first-order valence-corrected chi connectivity index (χ1v) is 9.68. The van der Waals surface area contributed by atoms with E-state index in [-0.39, 0.29) is 32.7 Å². The molecule has 0 aliphatic rings. The minimum Gasteiger partial charge on any atom is -0.493 e. The first-order chi connectivity index (χ1) is 13.6. The van der Waals surface area contributed by atoms with Gasteiger partial charge in [0.2, 0.25) is 0 Å². The molecule has 0 fully saturated rings. The van der Waals surface area contributed by atoms with Crippen LogP contribution in [-0.4, -0.2) is 46.7 Å². The van der Waals surface area contributed by atoms with Crippen LogP contribution in [0.1, 0.15) is 10.4 Å². The Labute approximate surface area is 170 Å². The topological polar surface area (TPSA) is 94.2 Å². The van der Waals surface area contributed by atoms with Crippen LogP contribution in [0.15, 0.2) is 41.3 Å². The van der Waals surface area contributed by atoms with Gasteiger partial charge in [0, 0.05) is 24.4 Å². The molecule has 158 valence electrons. The van der Waals surface area contributed by atoms with Crippen LogP contribution in [0, 0.1) is 0 Å². The average molecular weight is 451 g/mol. The predicted molar refractivity (Wildman–Crippen MR) is 101 cm³/mol. The largest absolute Gasteiger partial charge is 0.493 e. The lowest BCUT2D eigenvalue weighted by Crippen LogP contribution is -2.26. The first kappa shape index (κ1) is 22.8. The molecular formula is C17H17ClF2N2O6S. The molecular weight excluding hydrogens is 434 g/mol. The second kappa shape index (κ2) is 9.35. The average Bonchev–Trinajstić information content (AvgIpc) is 2.67. The van der Waals surface area contributed by atoms with Gasteiger partial charge in [-0.3, -0.25) is 9.63 Å². The second-order valence-electron chi connectivity index (χ2n) is 5.44. The van der Waals surface area contributed by atoms with Gasteiger partial charge in [0.15, 0.2) is 11.5 Å². The van der Waals surface area contributed by atoms with Gasteiger partial charge in [-0.15, -0.1) is 0 Å². The van der Waals surface area contributed by atoms with Crippen LogP contribution in [0.4, 0.5) is 14.5 Å². The summed E-state index contributed by atoms with van der Waals surface area (Å²) in [6.45, 7) is -3.09. The summed E-state index contributed by atoms with van der Waals surface area (Å²) in [6.07, 6.45) is 0. The van der Waals surface area contributed by atoms with Crippen molar-refractivity contribution in [3.8, 4) is 11.5 Å². The number of carbonyl (C=O) groups is 1. The summed E-state index contributed by atoms with van der Waals surface area (Å²) in [5, 5.41) is 2.35. The molecule has 0 saturated carbocycles. The van der Waals surface area contributed by atoms with Crippen LogP contribution < -0.4 is 14.8 Å². The van der Waals surface area contributed by atoms with E-state index in [9.17, 15) is 22.0 Å². The summed E-state index contributed by atoms with van der Waals surface area (Å²) in [4.78, 5) is 16.9. The Bertz CT molecular complexity index is 1000. The number of nitrogens with one attached hydrogen (secondary N) is 1. The number of nitrogens with zero attached hydrogens (tertiary/aromatic N) is 1. The highest BCUT2D eigenvalue weighted by Crippen LogP contribution is 2.32. The van der Waals surface area contributed by atoms with E-state index in [1.807, 2.05) is 0 Å². The van der Waals surface area contributed by atoms with E-state index in [2.05, 4.69) is 14.9 Å². The molecule has 0 bridgehead atoms. The molecule has 0 unspecified atom stereocenters. The quantitative estimate of drug-likeness (QED) is 0.619. The van der Waals surface area contributed by atoms with Gasteiger partial charge in [0.1, 0.15) is 4.90 Å². The summed E-state index contributed by atoms with van der Waals surface area (Å²) >= 11 is 5.95. The number of hydrogen-bond donors (Lipinski definition) is 1. The standard InChI is InChI=1S/C17H17ClF2N2O6S/c1-22(27-3)29(24,25)15-8-10(4-6-12(15)18)16(23)21-11-5-7-13(26-2)14(9-11)28-17(19)20/h4-9,17H,1-3H3,(H,21,23). The Balaban J connectivity index is 2.34. The SMILES string of the molecule is COc1ccc(NC(=O)c2ccc(Cl)c(S(=O)(=O)N(C)OC)c2)cc1OC(F)F. The summed E-state index contributed by atoms with van der Waals surface area (Å²) in [5.74, 6) is -0.932. The number of rotatable bonds is 8. The van der Waals surface area contributed by atoms with Crippen molar-refractivity contribution in [2.24, 2.45) is 0 Å². The van der Waals surface area contributed by atoms with Crippen molar-refractivity contribution in [1.82, 2.24) is 4.47 Å². The minimum absolute atomic E-state index is 0.0374. The molecule has 12 heteroatoms. The minimum atomic E-state index is -4.10. The highest BCUT2D eigenvalue weighted by molar-refractivity contribution is 7.89. The van der Waals surface area contributed by atoms with E-state index in [1.54, 1.807) is 0 Å². The maximum absolute atomic E-state index is 12.5. The number of alkyl halides is 2. The fraction of sp³-hybridized carbons (Fsp3) is 0.235. The Morgan fingerprint density at radius 3 is 2.41 bits per heavy atom. The molecule has 1 amide bonds. The van der Waals surface area contributed by atoms with Gasteiger partial charge < -0.3 is 14.8 Å². The number of benzene rings is 2. The molecule has 8 nitrogen and oxygen atoms in total. The lowest BCUT2D eigenvalue weighted by atomic mass is 10.2. The predicted octanol–water partition coefficient (Wildman–Crippen LogP) is 3.38. The van der Waals surface area contributed by atoms with Crippen molar-refractivity contribution in [2.75, 3.05) is 26.6 Å². The Morgan fingerprint density at radius 2 is 1.83 bits per heavy atom. The highest BCUT2D eigenvalue weighted by Gasteiger charge is 2.25. The molecule has 29 heavy (non-hydrogen) atoms. The van der Waals surface area contributed by atoms with Gasteiger partial charge in [-0.1, -0.05) is 16.1 Å². The van der Waals surface area contributed by atoms with Crippen molar-refractivity contribution >= 4 is 33.2 Å². The van der Waals surface area contributed by atoms with Gasteiger partial charge in [-0.25, -0.2) is 8.42 Å². The number of hydroxylamine groups is 1. The fourth-order valence-corrected chi connectivity index (χ4v) is 3.70. The Kier molecular flexibility index (Phi) is 7.36. The van der Waals surface area contributed by atoms with Gasteiger partial charge in [0.05, 0.1) is 19.2 Å². The molecule has 2 rings (SSSR count). The molecule has 0 aromatic heterocycles. The number of methoxy groups -OCH3 is 1. The number of halogens is 3. The smallest absolute Gasteiger partial charge is 0.387 e. The van der Waals surface area contributed by atoms with Crippen LogP contribution >= 0.6 is 11.6 Å². The number of anilines is 1. The lowest BCUT2D eigenvalue weighted by Gasteiger charge is -2.16. The third-order valence-electron chi connectivity index (χ3n) is 3.70. The number of carbonyl (C=O) groups excluding carboxylic acids is 1. The van der Waals surface area contributed by atoms with E-state index in [0.29, 0.717) is 4.47 Å². The van der Waals surface area contributed by atoms with E-state index in [0.717, 1.165) is 19.2 Å². The molecule has 1 N–H and O–H groups in total. The molecule has 0 saturated heterocycles. The molecule has 0 aliphatic carbocycles. The van der Waals surface area contributed by atoms with Crippen LogP contribution in [0.2, 0.25) is 5.02 Å². The summed E-state index contributed by atoms with van der Waals surface area (Å²) < 4.78 is 59.8. The molecule has 0 aliphatic heterocycles. The Hall–Kier alpha value is -2.47. The van der Waals surface area contributed by atoms with Gasteiger partial charge in [-0.05, 0) is 30.3 Å². The van der Waals surface area contributed by atoms with Crippen molar-refractivity contribution in [3.05, 3.63) is 47.0 Å². The molecule has 0 heterocycles. The van der Waals surface area contributed by atoms with Crippen LogP contribution in [0.25, 0.3) is 0 Å². The molecule has 0 atom stereocenters. The maximum Gasteiger partial charge on any atom is 0.387 e. The Morgan fingerprint density at radius 1 is 1.14 bits per heavy atom. The van der Waals surface area contributed by atoms with E-state index >= 15 is 0 Å². The zero-order chi connectivity index (χ0) is 21.8. The first-order valence-electron chi connectivity index (χ1n) is 7.87. The normalized spacial score (nSPS) is 11.6. The van der Waals surface area contributed by atoms with Crippen LogP contribution in [0.5, 0.6) is 11.5 Å². The van der Waals surface area contributed by atoms with Crippen molar-refractivity contribution < 1.29 is 36.3 Å². The van der Waals surface area contributed by atoms with Crippen LogP contribution in [-0.2, 0) is 14.9 Å².